The van der Waals surface area contributed by atoms with Crippen LogP contribution in [0.5, 0.6) is 0 Å². The second-order valence-electron chi connectivity index (χ2n) is 3.00. The molecule has 0 N–H and O–H groups in total. The number of thiazole rings is 1. The molecular weight excluding hydrogens is 246 g/mol. The van der Waals surface area contributed by atoms with Crippen LogP contribution in [0.1, 0.15) is 5.69 Å². The third-order valence-electron chi connectivity index (χ3n) is 1.91. The summed E-state index contributed by atoms with van der Waals surface area (Å²) in [6, 6.07) is 2.75. The molecular formula is C8H5N5O3S. The summed E-state index contributed by atoms with van der Waals surface area (Å²) in [7, 11) is 0. The van der Waals surface area contributed by atoms with Gasteiger partial charge in [0.25, 0.3) is 0 Å². The van der Waals surface area contributed by atoms with Crippen LogP contribution in [0.25, 0.3) is 21.1 Å². The van der Waals surface area contributed by atoms with Gasteiger partial charge in [0.1, 0.15) is 4.92 Å². The minimum absolute atomic E-state index is 0.249. The third-order valence-corrected chi connectivity index (χ3v) is 2.97. The van der Waals surface area contributed by atoms with Crippen LogP contribution in [-0.2, 0) is 0 Å². The highest BCUT2D eigenvalue weighted by molar-refractivity contribution is 7.18. The van der Waals surface area contributed by atoms with Crippen LogP contribution in [0, 0.1) is 17.0 Å². The zero-order valence-corrected chi connectivity index (χ0v) is 9.34. The largest absolute Gasteiger partial charge is 0.433 e. The third kappa shape index (κ3) is 2.10. The lowest BCUT2D eigenvalue weighted by molar-refractivity contribution is -0.401. The van der Waals surface area contributed by atoms with Crippen molar-refractivity contribution in [2.75, 3.05) is 0 Å². The maximum atomic E-state index is 10.5. The molecule has 86 valence electrons. The van der Waals surface area contributed by atoms with Gasteiger partial charge in [-0.2, -0.15) is 0 Å². The van der Waals surface area contributed by atoms with Gasteiger partial charge in [0.05, 0.1) is 16.6 Å². The summed E-state index contributed by atoms with van der Waals surface area (Å²) in [5, 5.41) is 14.1. The quantitative estimate of drug-likeness (QED) is 0.272. The fourth-order valence-corrected chi connectivity index (χ4v) is 2.09. The molecule has 0 unspecified atom stereocenters. The van der Waals surface area contributed by atoms with Crippen molar-refractivity contribution >= 4 is 22.4 Å². The second-order valence-corrected chi connectivity index (χ2v) is 3.97. The summed E-state index contributed by atoms with van der Waals surface area (Å²) in [6.45, 7) is 1.70. The van der Waals surface area contributed by atoms with Gasteiger partial charge in [-0.05, 0) is 23.6 Å². The van der Waals surface area contributed by atoms with Crippen molar-refractivity contribution in [3.8, 4) is 10.6 Å². The van der Waals surface area contributed by atoms with E-state index in [1.165, 1.54) is 12.1 Å². The van der Waals surface area contributed by atoms with E-state index in [0.717, 1.165) is 11.3 Å². The number of aryl methyl sites for hydroxylation is 1. The van der Waals surface area contributed by atoms with Gasteiger partial charge in [-0.3, -0.25) is 10.1 Å². The van der Waals surface area contributed by atoms with Crippen molar-refractivity contribution in [1.29, 1.82) is 0 Å². The molecule has 0 aliphatic heterocycles. The topological polar surface area (TPSA) is 118 Å². The van der Waals surface area contributed by atoms with Crippen LogP contribution >= 0.6 is 11.3 Å². The average molecular weight is 251 g/mol. The zero-order valence-electron chi connectivity index (χ0n) is 8.52. The molecule has 0 aromatic carbocycles. The van der Waals surface area contributed by atoms with E-state index < -0.39 is 4.92 Å². The van der Waals surface area contributed by atoms with E-state index >= 15 is 0 Å². The fraction of sp³-hybridized carbons (Fsp3) is 0.125. The average Bonchev–Trinajstić information content (AvgIpc) is 2.85. The van der Waals surface area contributed by atoms with Crippen molar-refractivity contribution in [3.63, 3.8) is 0 Å². The summed E-state index contributed by atoms with van der Waals surface area (Å²) in [4.78, 5) is 17.1. The number of nitro groups is 1. The van der Waals surface area contributed by atoms with Gasteiger partial charge in [-0.25, -0.2) is 4.98 Å². The number of hydrogen-bond acceptors (Lipinski definition) is 6. The molecule has 8 nitrogen and oxygen atoms in total. The smallest absolute Gasteiger partial charge is 0.400 e. The molecule has 0 radical (unpaired) electrons. The Labute approximate surface area is 98.3 Å². The van der Waals surface area contributed by atoms with Crippen LogP contribution in [0.15, 0.2) is 21.7 Å². The molecule has 0 fully saturated rings. The Morgan fingerprint density at radius 3 is 3.00 bits per heavy atom. The first kappa shape index (κ1) is 11.1. The van der Waals surface area contributed by atoms with Gasteiger partial charge in [0.2, 0.25) is 0 Å². The monoisotopic (exact) mass is 251 g/mol. The highest BCUT2D eigenvalue weighted by Crippen LogP contribution is 2.36. The molecule has 0 atom stereocenters. The first-order valence-corrected chi connectivity index (χ1v) is 5.20. The van der Waals surface area contributed by atoms with Crippen molar-refractivity contribution in [2.45, 2.75) is 6.92 Å². The summed E-state index contributed by atoms with van der Waals surface area (Å²) in [5.41, 5.74) is 8.88. The number of rotatable bonds is 3. The Bertz CT molecular complexity index is 625. The van der Waals surface area contributed by atoms with Crippen LogP contribution in [0.3, 0.4) is 0 Å². The molecule has 2 heterocycles. The molecule has 2 rings (SSSR count). The van der Waals surface area contributed by atoms with Gasteiger partial charge in [-0.1, -0.05) is 0 Å². The molecule has 0 saturated carbocycles. The van der Waals surface area contributed by atoms with Gasteiger partial charge < -0.3 is 4.42 Å². The molecule has 0 spiro atoms. The fourth-order valence-electron chi connectivity index (χ4n) is 1.24. The predicted octanol–water partition coefficient (Wildman–Crippen LogP) is 3.56. The molecule has 9 heteroatoms. The lowest BCUT2D eigenvalue weighted by atomic mass is 10.3. The number of azide groups is 1. The normalized spacial score (nSPS) is 9.94. The summed E-state index contributed by atoms with van der Waals surface area (Å²) >= 11 is 1.11. The molecule has 0 amide bonds. The van der Waals surface area contributed by atoms with Crippen LogP contribution in [-0.4, -0.2) is 9.91 Å². The van der Waals surface area contributed by atoms with Crippen LogP contribution in [0.4, 0.5) is 11.0 Å². The molecule has 17 heavy (non-hydrogen) atoms. The summed E-state index contributed by atoms with van der Waals surface area (Å²) in [6.07, 6.45) is 0. The Morgan fingerprint density at radius 2 is 2.41 bits per heavy atom. The molecule has 0 aliphatic rings. The number of aromatic nitrogens is 1. The maximum Gasteiger partial charge on any atom is 0.433 e. The summed E-state index contributed by atoms with van der Waals surface area (Å²) in [5.74, 6) is 0.00391. The number of hydrogen-bond donors (Lipinski definition) is 0. The molecule has 0 saturated heterocycles. The SMILES string of the molecule is Cc1nc(N=[N+]=[N-])sc1-c1ccc([N+](=O)[O-])o1. The van der Waals surface area contributed by atoms with Crippen LogP contribution in [0.2, 0.25) is 0 Å². The minimum Gasteiger partial charge on any atom is -0.400 e. The predicted molar refractivity (Wildman–Crippen MR) is 60.0 cm³/mol. The number of furan rings is 1. The highest BCUT2D eigenvalue weighted by atomic mass is 32.1. The van der Waals surface area contributed by atoms with Crippen LogP contribution < -0.4 is 0 Å². The maximum absolute atomic E-state index is 10.5. The summed E-state index contributed by atoms with van der Waals surface area (Å²) < 4.78 is 5.04. The van der Waals surface area contributed by atoms with Crippen molar-refractivity contribution < 1.29 is 9.34 Å². The minimum atomic E-state index is -0.617. The van der Waals surface area contributed by atoms with E-state index in [0.29, 0.717) is 16.3 Å². The standard InChI is InChI=1S/C8H5N5O3S/c1-4-7(17-8(10-4)11-12-9)5-2-3-6(16-5)13(14)15/h2-3H,1H3. The molecule has 2 aromatic rings. The molecule has 0 aliphatic carbocycles. The van der Waals surface area contributed by atoms with E-state index in [-0.39, 0.29) is 11.0 Å². The van der Waals surface area contributed by atoms with Gasteiger partial charge in [0.15, 0.2) is 10.9 Å². The molecule has 0 bridgehead atoms. The lowest BCUT2D eigenvalue weighted by Gasteiger charge is -1.90. The van der Waals surface area contributed by atoms with Crippen molar-refractivity contribution in [1.82, 2.24) is 4.98 Å². The van der Waals surface area contributed by atoms with E-state index in [2.05, 4.69) is 15.0 Å². The number of nitrogens with zero attached hydrogens (tertiary/aromatic N) is 5. The first-order chi connectivity index (χ1) is 8.11. The van der Waals surface area contributed by atoms with Crippen molar-refractivity contribution in [2.24, 2.45) is 5.11 Å². The highest BCUT2D eigenvalue weighted by Gasteiger charge is 2.17. The molecule has 2 aromatic heterocycles. The van der Waals surface area contributed by atoms with Crippen molar-refractivity contribution in [3.05, 3.63) is 38.4 Å². The Kier molecular flexibility index (Phi) is 2.77. The van der Waals surface area contributed by atoms with Gasteiger partial charge in [0, 0.05) is 4.91 Å². The van der Waals surface area contributed by atoms with Gasteiger partial charge >= 0.3 is 5.88 Å². The van der Waals surface area contributed by atoms with E-state index in [9.17, 15) is 10.1 Å². The lowest BCUT2D eigenvalue weighted by Crippen LogP contribution is -1.82. The Morgan fingerprint density at radius 1 is 1.65 bits per heavy atom. The Hall–Kier alpha value is -2.38. The Balaban J connectivity index is 2.44. The first-order valence-electron chi connectivity index (χ1n) is 4.39. The van der Waals surface area contributed by atoms with E-state index in [1.54, 1.807) is 6.92 Å². The van der Waals surface area contributed by atoms with E-state index in [1.807, 2.05) is 0 Å². The van der Waals surface area contributed by atoms with E-state index in [4.69, 9.17) is 9.95 Å². The zero-order chi connectivity index (χ0) is 12.4. The second kappa shape index (κ2) is 4.24. The van der Waals surface area contributed by atoms with Gasteiger partial charge in [-0.15, -0.1) is 11.3 Å².